The molecule has 2 heterocycles. The van der Waals surface area contributed by atoms with Gasteiger partial charge in [0.2, 0.25) is 11.1 Å². The van der Waals surface area contributed by atoms with Crippen molar-refractivity contribution < 1.29 is 9.53 Å². The van der Waals surface area contributed by atoms with Crippen molar-refractivity contribution in [3.63, 3.8) is 0 Å². The van der Waals surface area contributed by atoms with Crippen LogP contribution in [0, 0.1) is 0 Å². The fourth-order valence-corrected chi connectivity index (χ4v) is 4.81. The van der Waals surface area contributed by atoms with Gasteiger partial charge in [0.25, 0.3) is 0 Å². The minimum atomic E-state index is -0.403. The average molecular weight is 452 g/mol. The lowest BCUT2D eigenvalue weighted by molar-refractivity contribution is -0.116. The maximum absolute atomic E-state index is 13.4. The number of nitrogens with one attached hydrogen (secondary N) is 2. The van der Waals surface area contributed by atoms with Gasteiger partial charge in [-0.05, 0) is 55.2 Å². The molecule has 4 rings (SSSR count). The summed E-state index contributed by atoms with van der Waals surface area (Å²) in [7, 11) is 0. The minimum Gasteiger partial charge on any atom is -0.494 e. The Bertz CT molecular complexity index is 1050. The Morgan fingerprint density at radius 2 is 1.84 bits per heavy atom. The number of nitrogens with zero attached hydrogens (tertiary/aromatic N) is 3. The fourth-order valence-electron chi connectivity index (χ4n) is 3.71. The Labute approximate surface area is 192 Å². The van der Waals surface area contributed by atoms with E-state index in [-0.39, 0.29) is 11.9 Å². The predicted octanol–water partition coefficient (Wildman–Crippen LogP) is 4.59. The third-order valence-electron chi connectivity index (χ3n) is 5.42. The van der Waals surface area contributed by atoms with Crippen molar-refractivity contribution in [3.05, 3.63) is 65.5 Å². The summed E-state index contributed by atoms with van der Waals surface area (Å²) in [6, 6.07) is 15.7. The van der Waals surface area contributed by atoms with Crippen LogP contribution in [0.4, 0.5) is 5.69 Å². The molecule has 2 atom stereocenters. The molecule has 1 aliphatic heterocycles. The second-order valence-corrected chi connectivity index (χ2v) is 8.78. The highest BCUT2D eigenvalue weighted by molar-refractivity contribution is 8.00. The number of hydrogen-bond donors (Lipinski definition) is 2. The Morgan fingerprint density at radius 1 is 1.09 bits per heavy atom. The van der Waals surface area contributed by atoms with Crippen molar-refractivity contribution in [2.24, 2.45) is 0 Å². The maximum Gasteiger partial charge on any atom is 0.240 e. The summed E-state index contributed by atoms with van der Waals surface area (Å²) in [5.41, 5.74) is 6.58. The van der Waals surface area contributed by atoms with Gasteiger partial charge in [0.15, 0.2) is 5.82 Å². The molecule has 8 heteroatoms. The number of benzene rings is 2. The summed E-state index contributed by atoms with van der Waals surface area (Å²) in [4.78, 5) is 13.4. The number of anilines is 1. The molecule has 1 amide bonds. The standard InChI is InChI=1S/C24H29N5O2S/c1-4-7-20-26-27-24-29(20)28-21(17-10-8-16(5-2)9-11-17)22(32-24)23(30)25-18-12-14-19(15-13-18)31-6-3/h8-15,21-22,28H,4-7H2,1-3H3,(H,25,30)/t21-,22-/m1/s1. The molecule has 3 aromatic rings. The molecule has 7 nitrogen and oxygen atoms in total. The lowest BCUT2D eigenvalue weighted by atomic mass is 10.0. The molecule has 1 aliphatic rings. The van der Waals surface area contributed by atoms with E-state index in [1.54, 1.807) is 0 Å². The molecule has 0 radical (unpaired) electrons. The zero-order valence-electron chi connectivity index (χ0n) is 18.7. The number of carbonyl (C=O) groups excluding carboxylic acids is 1. The van der Waals surface area contributed by atoms with E-state index in [1.807, 2.05) is 35.9 Å². The van der Waals surface area contributed by atoms with Gasteiger partial charge in [0.05, 0.1) is 12.6 Å². The van der Waals surface area contributed by atoms with Crippen molar-refractivity contribution in [1.29, 1.82) is 0 Å². The number of carbonyl (C=O) groups is 1. The smallest absolute Gasteiger partial charge is 0.240 e. The summed E-state index contributed by atoms with van der Waals surface area (Å²) < 4.78 is 7.43. The van der Waals surface area contributed by atoms with E-state index in [9.17, 15) is 4.79 Å². The lowest BCUT2D eigenvalue weighted by Gasteiger charge is -2.33. The van der Waals surface area contributed by atoms with Crippen LogP contribution in [0.25, 0.3) is 0 Å². The van der Waals surface area contributed by atoms with Gasteiger partial charge in [0.1, 0.15) is 11.0 Å². The van der Waals surface area contributed by atoms with Crippen molar-refractivity contribution >= 4 is 23.4 Å². The Kier molecular flexibility index (Phi) is 6.99. The van der Waals surface area contributed by atoms with Crippen molar-refractivity contribution in [2.45, 2.75) is 56.5 Å². The summed E-state index contributed by atoms with van der Waals surface area (Å²) in [6.45, 7) is 6.80. The number of ether oxygens (including phenoxy) is 1. The molecule has 0 saturated carbocycles. The van der Waals surface area contributed by atoms with Crippen molar-refractivity contribution in [2.75, 3.05) is 17.3 Å². The third kappa shape index (κ3) is 4.75. The summed E-state index contributed by atoms with van der Waals surface area (Å²) in [5, 5.41) is 12.0. The number of aromatic nitrogens is 3. The zero-order valence-corrected chi connectivity index (χ0v) is 19.5. The second kappa shape index (κ2) is 10.1. The Balaban J connectivity index is 1.60. The van der Waals surface area contributed by atoms with E-state index in [0.717, 1.165) is 42.1 Å². The van der Waals surface area contributed by atoms with Crippen LogP contribution in [-0.2, 0) is 17.6 Å². The zero-order chi connectivity index (χ0) is 22.5. The molecule has 0 saturated heterocycles. The molecule has 0 bridgehead atoms. The van der Waals surface area contributed by atoms with Crippen LogP contribution >= 0.6 is 11.8 Å². The van der Waals surface area contributed by atoms with Gasteiger partial charge in [-0.2, -0.15) is 0 Å². The number of thioether (sulfide) groups is 1. The molecule has 168 valence electrons. The van der Waals surface area contributed by atoms with E-state index < -0.39 is 5.25 Å². The molecule has 1 aromatic heterocycles. The average Bonchev–Trinajstić information content (AvgIpc) is 3.22. The first-order valence-electron chi connectivity index (χ1n) is 11.1. The quantitative estimate of drug-likeness (QED) is 0.521. The number of hydrogen-bond acceptors (Lipinski definition) is 6. The Morgan fingerprint density at radius 3 is 2.50 bits per heavy atom. The van der Waals surface area contributed by atoms with Crippen molar-refractivity contribution in [1.82, 2.24) is 14.9 Å². The molecule has 32 heavy (non-hydrogen) atoms. The van der Waals surface area contributed by atoms with Crippen LogP contribution in [0.2, 0.25) is 0 Å². The SMILES string of the molecule is CCCc1nnc2n1N[C@H](c1ccc(CC)cc1)[C@H](C(=O)Nc1ccc(OCC)cc1)S2. The fraction of sp³-hybridized carbons (Fsp3) is 0.375. The molecule has 2 aromatic carbocycles. The summed E-state index contributed by atoms with van der Waals surface area (Å²) in [6.07, 6.45) is 2.78. The molecule has 0 spiro atoms. The summed E-state index contributed by atoms with van der Waals surface area (Å²) >= 11 is 1.45. The molecule has 2 N–H and O–H groups in total. The molecule has 0 aliphatic carbocycles. The maximum atomic E-state index is 13.4. The van der Waals surface area contributed by atoms with Gasteiger partial charge in [-0.3, -0.25) is 4.79 Å². The van der Waals surface area contributed by atoms with Crippen LogP contribution in [0.3, 0.4) is 0 Å². The lowest BCUT2D eigenvalue weighted by Crippen LogP contribution is -2.41. The first-order valence-corrected chi connectivity index (χ1v) is 12.0. The van der Waals surface area contributed by atoms with Crippen LogP contribution in [-0.4, -0.2) is 32.6 Å². The highest BCUT2D eigenvalue weighted by atomic mass is 32.2. The second-order valence-electron chi connectivity index (χ2n) is 7.67. The number of aryl methyl sites for hydroxylation is 2. The van der Waals surface area contributed by atoms with Gasteiger partial charge in [-0.1, -0.05) is 49.9 Å². The summed E-state index contributed by atoms with van der Waals surface area (Å²) in [5.74, 6) is 1.59. The first-order chi connectivity index (χ1) is 15.6. The highest BCUT2D eigenvalue weighted by Crippen LogP contribution is 2.38. The van der Waals surface area contributed by atoms with Crippen LogP contribution < -0.4 is 15.5 Å². The van der Waals surface area contributed by atoms with Crippen molar-refractivity contribution in [3.8, 4) is 5.75 Å². The molecule has 0 unspecified atom stereocenters. The normalized spacial score (nSPS) is 17.3. The minimum absolute atomic E-state index is 0.0810. The van der Waals surface area contributed by atoms with Gasteiger partial charge >= 0.3 is 0 Å². The van der Waals surface area contributed by atoms with E-state index in [2.05, 4.69) is 59.1 Å². The van der Waals surface area contributed by atoms with Crippen LogP contribution in [0.15, 0.2) is 53.7 Å². The number of rotatable bonds is 8. The van der Waals surface area contributed by atoms with Gasteiger partial charge in [0, 0.05) is 12.1 Å². The predicted molar refractivity (Wildman–Crippen MR) is 128 cm³/mol. The van der Waals surface area contributed by atoms with Gasteiger partial charge < -0.3 is 15.5 Å². The largest absolute Gasteiger partial charge is 0.494 e. The number of fused-ring (bicyclic) bond motifs is 1. The monoisotopic (exact) mass is 451 g/mol. The van der Waals surface area contributed by atoms with Gasteiger partial charge in [-0.15, -0.1) is 10.2 Å². The van der Waals surface area contributed by atoms with E-state index in [1.165, 1.54) is 17.3 Å². The Hall–Kier alpha value is -3.00. The molecule has 0 fully saturated rings. The molecular weight excluding hydrogens is 422 g/mol. The van der Waals surface area contributed by atoms with E-state index in [4.69, 9.17) is 4.74 Å². The van der Waals surface area contributed by atoms with E-state index >= 15 is 0 Å². The van der Waals surface area contributed by atoms with Crippen LogP contribution in [0.1, 0.15) is 50.2 Å². The van der Waals surface area contributed by atoms with Crippen LogP contribution in [0.5, 0.6) is 5.75 Å². The van der Waals surface area contributed by atoms with E-state index in [0.29, 0.717) is 11.8 Å². The third-order valence-corrected chi connectivity index (χ3v) is 6.63. The topological polar surface area (TPSA) is 81.1 Å². The van der Waals surface area contributed by atoms with Gasteiger partial charge in [-0.25, -0.2) is 4.68 Å². The molecular formula is C24H29N5O2S. The first kappa shape index (κ1) is 22.2. The highest BCUT2D eigenvalue weighted by Gasteiger charge is 2.37. The number of amides is 1.